The van der Waals surface area contributed by atoms with E-state index in [-0.39, 0.29) is 18.3 Å². The van der Waals surface area contributed by atoms with Crippen LogP contribution in [0.3, 0.4) is 0 Å². The average Bonchev–Trinajstić information content (AvgIpc) is 3.54. The summed E-state index contributed by atoms with van der Waals surface area (Å²) in [5.74, 6) is 0.400. The fourth-order valence-corrected chi connectivity index (χ4v) is 9.07. The number of allylic oxidation sites excluding steroid dienone is 1. The molecule has 0 saturated heterocycles. The van der Waals surface area contributed by atoms with Gasteiger partial charge >= 0.3 is 0 Å². The number of aryl methyl sites for hydroxylation is 3. The van der Waals surface area contributed by atoms with Crippen LogP contribution in [0.15, 0.2) is 65.2 Å². The Kier molecular flexibility index (Phi) is 12.0. The van der Waals surface area contributed by atoms with Crippen molar-refractivity contribution in [2.24, 2.45) is 16.2 Å². The molecule has 3 heterocycles. The van der Waals surface area contributed by atoms with E-state index in [9.17, 15) is 13.8 Å². The number of fused-ring (bicyclic) bond motifs is 3. The predicted octanol–water partition coefficient (Wildman–Crippen LogP) is 6.94. The van der Waals surface area contributed by atoms with Crippen molar-refractivity contribution in [2.45, 2.75) is 83.9 Å². The second-order valence-corrected chi connectivity index (χ2v) is 16.0. The standard InChI is InChI=1S/C38H48ClN5O5S/c1-3-44-32(19-20-40-44)15-18-37(45)41-50(47)22-8-4-5-10-35(48-2)33-16-12-30(33)26-43-25-29-11-14-31(39)23-27(29)9-6-7-21-49-36-17-13-28(24-34(36)43)38(46)42-50/h5,10-11,13-14,17,19-20,23-24,30,33,35H,3-4,6-9,12,15-16,18,21-22,25-26H2,1-2H3,(H,41,42,45,46,47)/b10-5+/t30-,33+,35-,50?/m0/s1. The Hall–Kier alpha value is -3.67. The molecule has 3 aromatic rings. The zero-order valence-corrected chi connectivity index (χ0v) is 30.6. The van der Waals surface area contributed by atoms with Gasteiger partial charge in [-0.3, -0.25) is 19.0 Å². The zero-order chi connectivity index (χ0) is 35.1. The minimum absolute atomic E-state index is 0.0466. The summed E-state index contributed by atoms with van der Waals surface area (Å²) in [4.78, 5) is 29.4. The van der Waals surface area contributed by atoms with Gasteiger partial charge in [-0.2, -0.15) is 5.10 Å². The Balaban J connectivity index is 1.37. The summed E-state index contributed by atoms with van der Waals surface area (Å²) in [6, 6.07) is 13.3. The molecule has 12 heteroatoms. The number of methoxy groups -OCH3 is 1. The molecule has 1 fully saturated rings. The molecule has 0 spiro atoms. The topological polar surface area (TPSA) is 115 Å². The third-order valence-electron chi connectivity index (χ3n) is 10.1. The molecule has 6 rings (SSSR count). The molecule has 2 aliphatic heterocycles. The first kappa shape index (κ1) is 36.1. The lowest BCUT2D eigenvalue weighted by atomic mass is 9.70. The van der Waals surface area contributed by atoms with Gasteiger partial charge in [0.25, 0.3) is 5.91 Å². The van der Waals surface area contributed by atoms with Gasteiger partial charge in [-0.15, -0.1) is 4.36 Å². The predicted molar refractivity (Wildman–Crippen MR) is 197 cm³/mol. The Labute approximate surface area is 300 Å². The van der Waals surface area contributed by atoms with Gasteiger partial charge < -0.3 is 14.4 Å². The molecule has 3 aliphatic rings. The second-order valence-electron chi connectivity index (χ2n) is 13.5. The van der Waals surface area contributed by atoms with E-state index in [1.165, 1.54) is 11.1 Å². The van der Waals surface area contributed by atoms with E-state index in [0.717, 1.165) is 55.1 Å². The summed E-state index contributed by atoms with van der Waals surface area (Å²) >= 11 is 6.46. The molecule has 1 saturated carbocycles. The number of benzene rings is 2. The molecule has 4 atom stereocenters. The molecule has 1 aliphatic carbocycles. The number of carbonyl (C=O) groups is 2. The number of hydrogen-bond acceptors (Lipinski definition) is 7. The van der Waals surface area contributed by atoms with E-state index in [4.69, 9.17) is 21.1 Å². The zero-order valence-electron chi connectivity index (χ0n) is 29.0. The highest BCUT2D eigenvalue weighted by molar-refractivity contribution is 7.92. The molecule has 2 bridgehead atoms. The fourth-order valence-electron chi connectivity index (χ4n) is 7.25. The van der Waals surface area contributed by atoms with E-state index in [1.54, 1.807) is 19.4 Å². The number of halogens is 1. The molecule has 268 valence electrons. The molecule has 1 N–H and O–H groups in total. The van der Waals surface area contributed by atoms with E-state index >= 15 is 0 Å². The van der Waals surface area contributed by atoms with Gasteiger partial charge in [-0.1, -0.05) is 29.8 Å². The largest absolute Gasteiger partial charge is 0.491 e. The van der Waals surface area contributed by atoms with Crippen LogP contribution in [0, 0.1) is 11.8 Å². The smallest absolute Gasteiger partial charge is 0.286 e. The lowest BCUT2D eigenvalue weighted by Gasteiger charge is -2.43. The molecule has 1 unspecified atom stereocenters. The number of amides is 2. The van der Waals surface area contributed by atoms with Crippen LogP contribution in [-0.2, 0) is 45.4 Å². The van der Waals surface area contributed by atoms with Crippen LogP contribution in [0.2, 0.25) is 5.02 Å². The summed E-state index contributed by atoms with van der Waals surface area (Å²) in [5.41, 5.74) is 4.40. The molecule has 0 radical (unpaired) electrons. The van der Waals surface area contributed by atoms with Crippen molar-refractivity contribution in [1.82, 2.24) is 14.5 Å². The highest BCUT2D eigenvalue weighted by Gasteiger charge is 2.38. The Morgan fingerprint density at radius 1 is 1.12 bits per heavy atom. The minimum Gasteiger partial charge on any atom is -0.491 e. The highest BCUT2D eigenvalue weighted by Crippen LogP contribution is 2.42. The van der Waals surface area contributed by atoms with Crippen LogP contribution < -0.4 is 14.4 Å². The number of ether oxygens (including phenoxy) is 2. The van der Waals surface area contributed by atoms with Gasteiger partial charge in [-0.05, 0) is 118 Å². The van der Waals surface area contributed by atoms with E-state index in [0.29, 0.717) is 62.1 Å². The number of hydrogen-bond donors (Lipinski definition) is 1. The number of aromatic nitrogens is 2. The molecular formula is C38H48ClN5O5S. The van der Waals surface area contributed by atoms with Crippen molar-refractivity contribution >= 4 is 39.0 Å². The van der Waals surface area contributed by atoms with Crippen LogP contribution in [0.5, 0.6) is 5.75 Å². The number of carbonyl (C=O) groups excluding carboxylic acids is 2. The lowest BCUT2D eigenvalue weighted by Crippen LogP contribution is -2.43. The van der Waals surface area contributed by atoms with Crippen molar-refractivity contribution in [3.05, 3.63) is 88.2 Å². The van der Waals surface area contributed by atoms with Crippen LogP contribution >= 0.6 is 11.6 Å². The summed E-state index contributed by atoms with van der Waals surface area (Å²) < 4.78 is 35.4. The Bertz CT molecular complexity index is 1830. The van der Waals surface area contributed by atoms with Gasteiger partial charge in [0.1, 0.15) is 15.7 Å². The number of nitrogens with one attached hydrogen (secondary N) is 1. The molecule has 10 nitrogen and oxygen atoms in total. The van der Waals surface area contributed by atoms with Crippen molar-refractivity contribution < 1.29 is 23.3 Å². The first-order valence-electron chi connectivity index (χ1n) is 17.8. The SMILES string of the molecule is CCn1nccc1CCC(=O)NS1(=O)=NC(=O)c2ccc3c(c2)N(Cc2ccc(Cl)cc2CCCCO3)C[C@@H]2CC[C@H]2[C@@H](OC)/C=C/CCC1. The molecule has 50 heavy (non-hydrogen) atoms. The van der Waals surface area contributed by atoms with Gasteiger partial charge in [0.05, 0.1) is 24.2 Å². The average molecular weight is 722 g/mol. The minimum atomic E-state index is -3.42. The molecule has 2 aromatic carbocycles. The van der Waals surface area contributed by atoms with Gasteiger partial charge in [0.2, 0.25) is 5.91 Å². The monoisotopic (exact) mass is 721 g/mol. The number of anilines is 1. The van der Waals surface area contributed by atoms with E-state index < -0.39 is 21.7 Å². The van der Waals surface area contributed by atoms with Crippen LogP contribution in [0.1, 0.15) is 79.0 Å². The maximum atomic E-state index is 14.3. The van der Waals surface area contributed by atoms with Crippen molar-refractivity contribution in [3.63, 3.8) is 0 Å². The summed E-state index contributed by atoms with van der Waals surface area (Å²) in [6.07, 6.45) is 12.3. The quantitative estimate of drug-likeness (QED) is 0.274. The van der Waals surface area contributed by atoms with Gasteiger partial charge in [0, 0.05) is 55.6 Å². The van der Waals surface area contributed by atoms with E-state index in [2.05, 4.69) is 43.4 Å². The first-order chi connectivity index (χ1) is 24.2. The van der Waals surface area contributed by atoms with Gasteiger partial charge in [-0.25, -0.2) is 4.21 Å². The highest BCUT2D eigenvalue weighted by atomic mass is 35.5. The normalized spacial score (nSPS) is 25.1. The number of nitrogens with zero attached hydrogens (tertiary/aromatic N) is 4. The van der Waals surface area contributed by atoms with Crippen LogP contribution in [0.4, 0.5) is 5.69 Å². The summed E-state index contributed by atoms with van der Waals surface area (Å²) in [7, 11) is -1.67. The van der Waals surface area contributed by atoms with Crippen molar-refractivity contribution in [3.8, 4) is 5.75 Å². The molecule has 1 aromatic heterocycles. The molecule has 2 amide bonds. The summed E-state index contributed by atoms with van der Waals surface area (Å²) in [5, 5.41) is 4.98. The number of rotatable bonds is 6. The first-order valence-corrected chi connectivity index (χ1v) is 19.9. The maximum absolute atomic E-state index is 14.3. The van der Waals surface area contributed by atoms with Crippen LogP contribution in [-0.4, -0.2) is 57.9 Å². The Morgan fingerprint density at radius 2 is 2.00 bits per heavy atom. The second kappa shape index (κ2) is 16.6. The van der Waals surface area contributed by atoms with Gasteiger partial charge in [0.15, 0.2) is 0 Å². The van der Waals surface area contributed by atoms with Crippen molar-refractivity contribution in [2.75, 3.05) is 30.9 Å². The lowest BCUT2D eigenvalue weighted by molar-refractivity contribution is -0.119. The maximum Gasteiger partial charge on any atom is 0.286 e. The molecular weight excluding hydrogens is 674 g/mol. The third-order valence-corrected chi connectivity index (χ3v) is 12.2. The summed E-state index contributed by atoms with van der Waals surface area (Å²) in [6.45, 7) is 4.57. The fraction of sp³-hybridized carbons (Fsp3) is 0.500. The van der Waals surface area contributed by atoms with Crippen LogP contribution in [0.25, 0.3) is 0 Å². The van der Waals surface area contributed by atoms with Crippen molar-refractivity contribution in [1.29, 1.82) is 0 Å². The third kappa shape index (κ3) is 8.79. The van der Waals surface area contributed by atoms with E-state index in [1.807, 2.05) is 35.9 Å². The Morgan fingerprint density at radius 3 is 2.80 bits per heavy atom.